The molecule has 94 valence electrons. The van der Waals surface area contributed by atoms with Crippen LogP contribution in [0.4, 0.5) is 0 Å². The Kier molecular flexibility index (Phi) is 4.38. The second kappa shape index (κ2) is 5.22. The molecule has 0 bridgehead atoms. The van der Waals surface area contributed by atoms with Gasteiger partial charge in [-0.1, -0.05) is 32.6 Å². The SMILES string of the molecule is CC1=CC(C)(CCC#CC[Si](C)(C)C)CC1=O. The van der Waals surface area contributed by atoms with Gasteiger partial charge in [-0.2, -0.15) is 0 Å². The molecule has 0 aromatic rings. The maximum absolute atomic E-state index is 11.5. The molecule has 1 nitrogen and oxygen atoms in total. The molecule has 0 heterocycles. The molecule has 1 atom stereocenters. The van der Waals surface area contributed by atoms with Crippen LogP contribution in [0.1, 0.15) is 33.1 Å². The lowest BCUT2D eigenvalue weighted by molar-refractivity contribution is -0.115. The molecule has 0 spiro atoms. The zero-order valence-electron chi connectivity index (χ0n) is 11.8. The molecule has 1 aliphatic carbocycles. The molecule has 1 rings (SSSR count). The zero-order chi connectivity index (χ0) is 13.1. The smallest absolute Gasteiger partial charge is 0.159 e. The van der Waals surface area contributed by atoms with Gasteiger partial charge in [-0.25, -0.2) is 0 Å². The van der Waals surface area contributed by atoms with Gasteiger partial charge >= 0.3 is 0 Å². The van der Waals surface area contributed by atoms with E-state index >= 15 is 0 Å². The molecule has 0 N–H and O–H groups in total. The molecule has 17 heavy (non-hydrogen) atoms. The van der Waals surface area contributed by atoms with E-state index in [1.54, 1.807) is 0 Å². The summed E-state index contributed by atoms with van der Waals surface area (Å²) in [6.45, 7) is 11.1. The summed E-state index contributed by atoms with van der Waals surface area (Å²) >= 11 is 0. The van der Waals surface area contributed by atoms with Crippen molar-refractivity contribution in [3.63, 3.8) is 0 Å². The Balaban J connectivity index is 2.40. The van der Waals surface area contributed by atoms with E-state index in [0.717, 1.165) is 24.5 Å². The Morgan fingerprint density at radius 2 is 2.00 bits per heavy atom. The fourth-order valence-electron chi connectivity index (χ4n) is 2.09. The number of carbonyl (C=O) groups excluding carboxylic acids is 1. The van der Waals surface area contributed by atoms with Crippen LogP contribution in [0.3, 0.4) is 0 Å². The molecule has 2 heteroatoms. The Labute approximate surface area is 107 Å². The van der Waals surface area contributed by atoms with Gasteiger partial charge in [0, 0.05) is 18.9 Å². The van der Waals surface area contributed by atoms with Crippen molar-refractivity contribution in [2.24, 2.45) is 5.41 Å². The first-order chi connectivity index (χ1) is 7.72. The van der Waals surface area contributed by atoms with Crippen molar-refractivity contribution in [3.05, 3.63) is 11.6 Å². The van der Waals surface area contributed by atoms with Gasteiger partial charge < -0.3 is 0 Å². The van der Waals surface area contributed by atoms with E-state index in [2.05, 4.69) is 44.5 Å². The number of rotatable bonds is 3. The minimum Gasteiger partial charge on any atom is -0.295 e. The average molecular weight is 248 g/mol. The van der Waals surface area contributed by atoms with Crippen LogP contribution in [0.15, 0.2) is 11.6 Å². The molecule has 0 aliphatic heterocycles. The molecule has 0 fully saturated rings. The number of Topliss-reactive ketones (excluding diaryl/α,β-unsaturated/α-hetero) is 1. The number of hydrogen-bond acceptors (Lipinski definition) is 1. The second-order valence-corrected chi connectivity index (χ2v) is 12.1. The van der Waals surface area contributed by atoms with Gasteiger partial charge in [0.1, 0.15) is 0 Å². The van der Waals surface area contributed by atoms with Crippen molar-refractivity contribution >= 4 is 13.9 Å². The van der Waals surface area contributed by atoms with E-state index in [9.17, 15) is 4.79 Å². The quantitative estimate of drug-likeness (QED) is 0.544. The molecule has 0 radical (unpaired) electrons. The van der Waals surface area contributed by atoms with Gasteiger partial charge in [-0.3, -0.25) is 4.79 Å². The van der Waals surface area contributed by atoms with E-state index < -0.39 is 8.07 Å². The Bertz CT molecular complexity index is 389. The summed E-state index contributed by atoms with van der Waals surface area (Å²) in [4.78, 5) is 11.5. The molecular weight excluding hydrogens is 224 g/mol. The van der Waals surface area contributed by atoms with Gasteiger partial charge in [0.15, 0.2) is 5.78 Å². The minimum atomic E-state index is -1.02. The maximum Gasteiger partial charge on any atom is 0.159 e. The summed E-state index contributed by atoms with van der Waals surface area (Å²) in [5.41, 5.74) is 0.997. The molecule has 0 saturated carbocycles. The van der Waals surface area contributed by atoms with Gasteiger partial charge in [0.25, 0.3) is 0 Å². The van der Waals surface area contributed by atoms with E-state index in [-0.39, 0.29) is 5.41 Å². The Morgan fingerprint density at radius 3 is 2.47 bits per heavy atom. The third-order valence-electron chi connectivity index (χ3n) is 3.13. The molecule has 1 aliphatic rings. The Morgan fingerprint density at radius 1 is 1.35 bits per heavy atom. The number of ketones is 1. The molecule has 0 aromatic heterocycles. The first-order valence-corrected chi connectivity index (χ1v) is 10.1. The highest BCUT2D eigenvalue weighted by Gasteiger charge is 2.31. The van der Waals surface area contributed by atoms with Crippen LogP contribution >= 0.6 is 0 Å². The van der Waals surface area contributed by atoms with Crippen LogP contribution in [-0.4, -0.2) is 13.9 Å². The minimum absolute atomic E-state index is 0.0645. The van der Waals surface area contributed by atoms with Crippen molar-refractivity contribution in [2.45, 2.75) is 58.8 Å². The number of hydrogen-bond donors (Lipinski definition) is 0. The monoisotopic (exact) mass is 248 g/mol. The van der Waals surface area contributed by atoms with E-state index in [0.29, 0.717) is 12.2 Å². The van der Waals surface area contributed by atoms with Crippen molar-refractivity contribution in [1.29, 1.82) is 0 Å². The average Bonchev–Trinajstić information content (AvgIpc) is 2.38. The Hall–Kier alpha value is -0.813. The van der Waals surface area contributed by atoms with E-state index in [4.69, 9.17) is 0 Å². The number of carbonyl (C=O) groups is 1. The molecule has 1 unspecified atom stereocenters. The molecule has 0 aromatic carbocycles. The zero-order valence-corrected chi connectivity index (χ0v) is 12.8. The first kappa shape index (κ1) is 14.2. The van der Waals surface area contributed by atoms with Gasteiger partial charge in [0.05, 0.1) is 8.07 Å². The summed E-state index contributed by atoms with van der Waals surface area (Å²) in [5.74, 6) is 6.87. The van der Waals surface area contributed by atoms with Gasteiger partial charge in [0.2, 0.25) is 0 Å². The lowest BCUT2D eigenvalue weighted by Crippen LogP contribution is -2.17. The molecule has 0 amide bonds. The van der Waals surface area contributed by atoms with Crippen molar-refractivity contribution in [1.82, 2.24) is 0 Å². The summed E-state index contributed by atoms with van der Waals surface area (Å²) in [6, 6.07) is 1.08. The lowest BCUT2D eigenvalue weighted by Gasteiger charge is -2.18. The highest BCUT2D eigenvalue weighted by atomic mass is 28.3. The van der Waals surface area contributed by atoms with Crippen molar-refractivity contribution in [3.8, 4) is 11.8 Å². The summed E-state index contributed by atoms with van der Waals surface area (Å²) in [5, 5.41) is 0. The third-order valence-corrected chi connectivity index (χ3v) is 4.37. The molecule has 0 saturated heterocycles. The standard InChI is InChI=1S/C15H24OSi/c1-13-11-15(2,12-14(13)16)9-7-6-8-10-17(3,4)5/h11H,7,9-10,12H2,1-5H3. The van der Waals surface area contributed by atoms with Crippen molar-refractivity contribution < 1.29 is 4.79 Å². The van der Waals surface area contributed by atoms with Gasteiger partial charge in [-0.05, 0) is 24.3 Å². The summed E-state index contributed by atoms with van der Waals surface area (Å²) in [7, 11) is -1.02. The largest absolute Gasteiger partial charge is 0.295 e. The highest BCUT2D eigenvalue weighted by Crippen LogP contribution is 2.37. The summed E-state index contributed by atoms with van der Waals surface area (Å²) < 4.78 is 0. The van der Waals surface area contributed by atoms with Crippen LogP contribution in [0.2, 0.25) is 25.7 Å². The van der Waals surface area contributed by atoms with Crippen LogP contribution < -0.4 is 0 Å². The van der Waals surface area contributed by atoms with Gasteiger partial charge in [-0.15, -0.1) is 11.8 Å². The normalized spacial score (nSPS) is 24.3. The topological polar surface area (TPSA) is 17.1 Å². The fraction of sp³-hybridized carbons (Fsp3) is 0.667. The van der Waals surface area contributed by atoms with E-state index in [1.165, 1.54) is 0 Å². The predicted molar refractivity (Wildman–Crippen MR) is 76.7 cm³/mol. The van der Waals surface area contributed by atoms with Crippen LogP contribution in [0.25, 0.3) is 0 Å². The van der Waals surface area contributed by atoms with Crippen LogP contribution in [-0.2, 0) is 4.79 Å². The van der Waals surface area contributed by atoms with E-state index in [1.807, 2.05) is 6.92 Å². The number of allylic oxidation sites excluding steroid dienone is 2. The first-order valence-electron chi connectivity index (χ1n) is 6.40. The van der Waals surface area contributed by atoms with Crippen molar-refractivity contribution in [2.75, 3.05) is 0 Å². The lowest BCUT2D eigenvalue weighted by atomic mass is 9.85. The fourth-order valence-corrected chi connectivity index (χ4v) is 2.74. The second-order valence-electron chi connectivity index (χ2n) is 6.67. The third kappa shape index (κ3) is 4.91. The molecular formula is C15H24OSi. The van der Waals surface area contributed by atoms with Crippen LogP contribution in [0.5, 0.6) is 0 Å². The maximum atomic E-state index is 11.5. The highest BCUT2D eigenvalue weighted by molar-refractivity contribution is 6.76. The summed E-state index contributed by atoms with van der Waals surface area (Å²) in [6.07, 6.45) is 4.73. The predicted octanol–water partition coefficient (Wildman–Crippen LogP) is 4.03. The van der Waals surface area contributed by atoms with Crippen LogP contribution in [0, 0.1) is 17.3 Å².